The van der Waals surface area contributed by atoms with Crippen molar-refractivity contribution >= 4 is 66.0 Å². The van der Waals surface area contributed by atoms with Crippen molar-refractivity contribution in [1.82, 2.24) is 10.2 Å². The van der Waals surface area contributed by atoms with Crippen molar-refractivity contribution < 1.29 is 19.1 Å². The summed E-state index contributed by atoms with van der Waals surface area (Å²) in [5.74, 6) is -0.250. The van der Waals surface area contributed by atoms with Crippen LogP contribution in [-0.2, 0) is 14.3 Å². The van der Waals surface area contributed by atoms with Crippen LogP contribution in [0.2, 0.25) is 0 Å². The number of fused-ring (bicyclic) bond motifs is 2. The summed E-state index contributed by atoms with van der Waals surface area (Å²) in [5.41, 5.74) is 0. The first-order valence-corrected chi connectivity index (χ1v) is 10.5. The maximum Gasteiger partial charge on any atom is 0.262 e. The number of likely N-dealkylation sites (tertiary alicyclic amines) is 1. The lowest BCUT2D eigenvalue weighted by molar-refractivity contribution is -0.138. The van der Waals surface area contributed by atoms with Crippen LogP contribution in [-0.4, -0.2) is 53.8 Å². The van der Waals surface area contributed by atoms with Gasteiger partial charge in [-0.15, -0.1) is 11.3 Å². The predicted molar refractivity (Wildman–Crippen MR) is 128 cm³/mol. The van der Waals surface area contributed by atoms with Crippen LogP contribution < -0.4 is 5.32 Å². The highest BCUT2D eigenvalue weighted by Crippen LogP contribution is 2.29. The number of carbonyl (C=O) groups excluding carboxylic acids is 3. The van der Waals surface area contributed by atoms with Crippen LogP contribution in [0.3, 0.4) is 0 Å². The molecule has 2 aromatic rings. The number of benzene rings is 1. The van der Waals surface area contributed by atoms with Gasteiger partial charge in [0.05, 0.1) is 11.0 Å². The van der Waals surface area contributed by atoms with Crippen molar-refractivity contribution in [3.8, 4) is 0 Å². The van der Waals surface area contributed by atoms with Crippen molar-refractivity contribution in [2.24, 2.45) is 5.92 Å². The van der Waals surface area contributed by atoms with Crippen LogP contribution >= 0.6 is 38.3 Å². The van der Waals surface area contributed by atoms with Gasteiger partial charge in [0.2, 0.25) is 5.91 Å². The molecule has 0 aliphatic carbocycles. The quantitative estimate of drug-likeness (QED) is 0.732. The normalized spacial score (nSPS) is 21.2. The molecule has 1 aromatic heterocycles. The first kappa shape index (κ1) is 24.7. The number of nitrogens with zero attached hydrogens (tertiary/aromatic N) is 1. The molecule has 9 heteroatoms. The van der Waals surface area contributed by atoms with E-state index in [0.717, 1.165) is 10.1 Å². The van der Waals surface area contributed by atoms with Gasteiger partial charge >= 0.3 is 0 Å². The number of amides is 2. The molecule has 3 heterocycles. The highest BCUT2D eigenvalue weighted by atomic mass is 32.1. The van der Waals surface area contributed by atoms with Crippen LogP contribution in [0.4, 0.5) is 0 Å². The number of thiophene rings is 1. The molecule has 2 saturated heterocycles. The largest absolute Gasteiger partial charge is 0.368 e. The standard InChI is InChI=1S/C21H24N2O4S.2H2S/c1-12(2)9-14(21(26)23-8-7-16-19(23)15(24)11-27-16)22-20(25)18-10-13-5-3-4-6-17(13)28-18;;/h3-6,10,12,14,16,19H,7-9,11H2,1-2H3,(H,22,25);2*1H2/t14-,16+,19+;;/m0../s1. The van der Waals surface area contributed by atoms with E-state index >= 15 is 0 Å². The Morgan fingerprint density at radius 3 is 2.70 bits per heavy atom. The van der Waals surface area contributed by atoms with E-state index in [9.17, 15) is 14.4 Å². The number of hydrogen-bond donors (Lipinski definition) is 1. The second-order valence-electron chi connectivity index (χ2n) is 7.88. The van der Waals surface area contributed by atoms with Gasteiger partial charge in [0.1, 0.15) is 18.7 Å². The molecule has 30 heavy (non-hydrogen) atoms. The minimum Gasteiger partial charge on any atom is -0.368 e. The number of carbonyl (C=O) groups is 3. The Kier molecular flexibility index (Phi) is 8.38. The Labute approximate surface area is 194 Å². The van der Waals surface area contributed by atoms with Gasteiger partial charge in [-0.1, -0.05) is 32.0 Å². The third kappa shape index (κ3) is 4.85. The number of hydrogen-bond acceptors (Lipinski definition) is 5. The molecule has 2 amide bonds. The van der Waals surface area contributed by atoms with Crippen molar-refractivity contribution in [1.29, 1.82) is 0 Å². The molecule has 0 radical (unpaired) electrons. The first-order valence-electron chi connectivity index (χ1n) is 9.68. The number of ketones is 1. The van der Waals surface area contributed by atoms with Gasteiger partial charge in [0, 0.05) is 11.2 Å². The lowest BCUT2D eigenvalue weighted by atomic mass is 10.0. The Morgan fingerprint density at radius 2 is 2.00 bits per heavy atom. The van der Waals surface area contributed by atoms with Crippen LogP contribution in [0, 0.1) is 5.92 Å². The molecule has 0 unspecified atom stereocenters. The summed E-state index contributed by atoms with van der Waals surface area (Å²) < 4.78 is 6.52. The van der Waals surface area contributed by atoms with Crippen molar-refractivity contribution in [2.45, 2.75) is 44.9 Å². The Balaban J connectivity index is 0.00000160. The summed E-state index contributed by atoms with van der Waals surface area (Å²) in [4.78, 5) is 40.4. The summed E-state index contributed by atoms with van der Waals surface area (Å²) >= 11 is 1.41. The zero-order valence-electron chi connectivity index (χ0n) is 17.0. The zero-order chi connectivity index (χ0) is 19.8. The maximum atomic E-state index is 13.2. The van der Waals surface area contributed by atoms with E-state index in [0.29, 0.717) is 24.3 Å². The summed E-state index contributed by atoms with van der Waals surface area (Å²) in [6.07, 6.45) is 0.994. The van der Waals surface area contributed by atoms with Crippen LogP contribution in [0.15, 0.2) is 30.3 Å². The van der Waals surface area contributed by atoms with Crippen LogP contribution in [0.5, 0.6) is 0 Å². The smallest absolute Gasteiger partial charge is 0.262 e. The van der Waals surface area contributed by atoms with E-state index in [1.54, 1.807) is 4.90 Å². The minimum atomic E-state index is -0.648. The van der Waals surface area contributed by atoms with Gasteiger partial charge in [0.15, 0.2) is 5.78 Å². The monoisotopic (exact) mass is 468 g/mol. The van der Waals surface area contributed by atoms with Crippen molar-refractivity contribution in [2.75, 3.05) is 13.2 Å². The van der Waals surface area contributed by atoms with Crippen LogP contribution in [0.25, 0.3) is 10.1 Å². The number of nitrogens with one attached hydrogen (secondary N) is 1. The van der Waals surface area contributed by atoms with Gasteiger partial charge in [-0.05, 0) is 36.3 Å². The van der Waals surface area contributed by atoms with E-state index in [-0.39, 0.29) is 63.2 Å². The highest BCUT2D eigenvalue weighted by molar-refractivity contribution is 7.59. The fourth-order valence-electron chi connectivity index (χ4n) is 4.06. The summed E-state index contributed by atoms with van der Waals surface area (Å²) in [5, 5.41) is 3.94. The zero-order valence-corrected chi connectivity index (χ0v) is 19.8. The molecule has 0 spiro atoms. The molecule has 6 nitrogen and oxygen atoms in total. The number of rotatable bonds is 5. The summed E-state index contributed by atoms with van der Waals surface area (Å²) in [7, 11) is 0. The summed E-state index contributed by atoms with van der Waals surface area (Å²) in [6.45, 7) is 4.60. The number of ether oxygens (including phenoxy) is 1. The first-order chi connectivity index (χ1) is 13.4. The fraction of sp³-hybridized carbons (Fsp3) is 0.476. The van der Waals surface area contributed by atoms with Crippen molar-refractivity contribution in [3.05, 3.63) is 35.2 Å². The average Bonchev–Trinajstić information content (AvgIpc) is 3.36. The molecule has 1 aromatic carbocycles. The molecule has 3 atom stereocenters. The van der Waals surface area contributed by atoms with Gasteiger partial charge in [-0.25, -0.2) is 0 Å². The predicted octanol–water partition coefficient (Wildman–Crippen LogP) is 2.84. The Morgan fingerprint density at radius 1 is 1.27 bits per heavy atom. The molecule has 164 valence electrons. The molecular weight excluding hydrogens is 440 g/mol. The van der Waals surface area contributed by atoms with E-state index in [2.05, 4.69) is 5.32 Å². The van der Waals surface area contributed by atoms with Gasteiger partial charge in [0.25, 0.3) is 5.91 Å². The second-order valence-corrected chi connectivity index (χ2v) is 8.97. The number of Topliss-reactive ketones (excluding diaryl/α,β-unsaturated/α-hetero) is 1. The highest BCUT2D eigenvalue weighted by Gasteiger charge is 2.48. The fourth-order valence-corrected chi connectivity index (χ4v) is 5.02. The lowest BCUT2D eigenvalue weighted by Gasteiger charge is -2.28. The summed E-state index contributed by atoms with van der Waals surface area (Å²) in [6, 6.07) is 8.53. The topological polar surface area (TPSA) is 75.7 Å². The lowest BCUT2D eigenvalue weighted by Crippen LogP contribution is -2.52. The molecule has 2 fully saturated rings. The maximum absolute atomic E-state index is 13.2. The average molecular weight is 469 g/mol. The van der Waals surface area contributed by atoms with E-state index in [1.165, 1.54) is 11.3 Å². The van der Waals surface area contributed by atoms with E-state index in [4.69, 9.17) is 4.74 Å². The molecular formula is C21H28N2O4S3. The molecule has 0 bridgehead atoms. The van der Waals surface area contributed by atoms with Crippen LogP contribution in [0.1, 0.15) is 36.4 Å². The molecule has 1 N–H and O–H groups in total. The van der Waals surface area contributed by atoms with E-state index in [1.807, 2.05) is 44.2 Å². The molecule has 0 saturated carbocycles. The molecule has 2 aliphatic heterocycles. The minimum absolute atomic E-state index is 0. The van der Waals surface area contributed by atoms with Gasteiger partial charge in [-0.2, -0.15) is 27.0 Å². The SMILES string of the molecule is CC(C)C[C@H](NC(=O)c1cc2ccccc2s1)C(=O)N1CC[C@H]2OCC(=O)[C@H]21.S.S. The third-order valence-corrected chi connectivity index (χ3v) is 6.47. The third-order valence-electron chi connectivity index (χ3n) is 5.35. The second kappa shape index (κ2) is 10.2. The molecule has 4 rings (SSSR count). The molecule has 2 aliphatic rings. The van der Waals surface area contributed by atoms with Crippen molar-refractivity contribution in [3.63, 3.8) is 0 Å². The Hall–Kier alpha value is -1.55. The van der Waals surface area contributed by atoms with Gasteiger partial charge in [-0.3, -0.25) is 14.4 Å². The van der Waals surface area contributed by atoms with E-state index < -0.39 is 12.1 Å². The van der Waals surface area contributed by atoms with Gasteiger partial charge < -0.3 is 15.0 Å². The Bertz CT molecular complexity index is 897.